The molecule has 10 heteroatoms. The highest BCUT2D eigenvalue weighted by atomic mass is 16.4. The van der Waals surface area contributed by atoms with Crippen molar-refractivity contribution in [2.75, 3.05) is 22.9 Å². The van der Waals surface area contributed by atoms with E-state index in [4.69, 9.17) is 33.1 Å². The van der Waals surface area contributed by atoms with Crippen molar-refractivity contribution in [3.05, 3.63) is 83.9 Å². The van der Waals surface area contributed by atoms with Crippen LogP contribution in [0.3, 0.4) is 0 Å². The zero-order valence-corrected chi connectivity index (χ0v) is 18.8. The first-order valence-corrected chi connectivity index (χ1v) is 10.4. The number of benzene rings is 4. The van der Waals surface area contributed by atoms with E-state index in [9.17, 15) is 19.8 Å². The van der Waals surface area contributed by atoms with Crippen molar-refractivity contribution in [3.63, 3.8) is 0 Å². The smallest absolute Gasteiger partial charge is 0.337 e. The lowest BCUT2D eigenvalue weighted by Gasteiger charge is -2.08. The van der Waals surface area contributed by atoms with Gasteiger partial charge in [-0.15, -0.1) is 0 Å². The Kier molecular flexibility index (Phi) is 7.20. The van der Waals surface area contributed by atoms with Crippen LogP contribution >= 0.6 is 0 Å². The second-order valence-electron chi connectivity index (χ2n) is 7.74. The minimum atomic E-state index is -1.14. The summed E-state index contributed by atoms with van der Waals surface area (Å²) in [5.74, 6) is -2.80. The van der Waals surface area contributed by atoms with Gasteiger partial charge >= 0.3 is 11.9 Å². The molecule has 0 aliphatic heterocycles. The lowest BCUT2D eigenvalue weighted by molar-refractivity contribution is 0.0687. The molecule has 36 heavy (non-hydrogen) atoms. The predicted molar refractivity (Wildman–Crippen MR) is 139 cm³/mol. The van der Waals surface area contributed by atoms with Crippen molar-refractivity contribution in [2.24, 2.45) is 0 Å². The van der Waals surface area contributed by atoms with Crippen molar-refractivity contribution in [2.45, 2.75) is 0 Å². The van der Waals surface area contributed by atoms with Gasteiger partial charge in [-0.2, -0.15) is 0 Å². The number of carboxylic acid groups (broad SMARTS) is 2. The molecule has 4 aromatic carbocycles. The van der Waals surface area contributed by atoms with Gasteiger partial charge in [0.25, 0.3) is 0 Å². The second-order valence-corrected chi connectivity index (χ2v) is 7.74. The van der Waals surface area contributed by atoms with E-state index in [1.165, 1.54) is 24.3 Å². The fourth-order valence-corrected chi connectivity index (χ4v) is 3.33. The lowest BCUT2D eigenvalue weighted by Crippen LogP contribution is -2.04. The van der Waals surface area contributed by atoms with Gasteiger partial charge in [-0.1, -0.05) is 24.3 Å². The van der Waals surface area contributed by atoms with Gasteiger partial charge in [-0.25, -0.2) is 9.59 Å². The molecule has 0 fully saturated rings. The fourth-order valence-electron chi connectivity index (χ4n) is 3.33. The van der Waals surface area contributed by atoms with E-state index in [0.717, 1.165) is 5.56 Å². The van der Waals surface area contributed by atoms with Gasteiger partial charge in [0.15, 0.2) is 11.5 Å². The third kappa shape index (κ3) is 5.39. The van der Waals surface area contributed by atoms with E-state index in [1.54, 1.807) is 48.5 Å². The van der Waals surface area contributed by atoms with E-state index in [1.807, 2.05) is 0 Å². The Morgan fingerprint density at radius 3 is 1.39 bits per heavy atom. The number of rotatable bonds is 4. The summed E-state index contributed by atoms with van der Waals surface area (Å²) in [6, 6.07) is 19.1. The van der Waals surface area contributed by atoms with Crippen LogP contribution in [-0.2, 0) is 0 Å². The largest absolute Gasteiger partial charge is 0.504 e. The van der Waals surface area contributed by atoms with Gasteiger partial charge in [0.2, 0.25) is 0 Å². The summed E-state index contributed by atoms with van der Waals surface area (Å²) in [5, 5.41) is 37.3. The highest BCUT2D eigenvalue weighted by molar-refractivity contribution is 5.97. The Hall–Kier alpha value is -5.38. The number of hydrogen-bond acceptors (Lipinski definition) is 8. The first-order chi connectivity index (χ1) is 17.0. The quantitative estimate of drug-likeness (QED) is 0.153. The Balaban J connectivity index is 0.000000205. The number of aromatic carboxylic acids is 2. The predicted octanol–water partition coefficient (Wildman–Crippen LogP) is 3.84. The molecular formula is C26H24N4O6. The molecule has 0 saturated carbocycles. The number of phenolic OH excluding ortho intramolecular Hbond substituents is 2. The van der Waals surface area contributed by atoms with Crippen LogP contribution < -0.4 is 22.9 Å². The molecule has 4 rings (SSSR count). The van der Waals surface area contributed by atoms with Crippen LogP contribution in [0, 0.1) is 0 Å². The standard InChI is InChI=1S/C14H12N2O4.C12H12N2O2/c15-11-3-1-7(5-9(11)13(17)18)8-2-4-12(16)10(6-8)14(19)20;13-8-3-1-7(2-4-8)9-5-6-10(14)12(16)11(9)15/h1-6H,15-16H2,(H,17,18)(H,19,20);1-6,15-16H,13-14H2. The number of phenols is 2. The third-order valence-corrected chi connectivity index (χ3v) is 5.30. The maximum atomic E-state index is 11.0. The molecule has 0 radical (unpaired) electrons. The van der Waals surface area contributed by atoms with Crippen molar-refractivity contribution < 1.29 is 30.0 Å². The molecule has 0 aromatic heterocycles. The average molecular weight is 489 g/mol. The Morgan fingerprint density at radius 1 is 0.528 bits per heavy atom. The molecule has 184 valence electrons. The topological polar surface area (TPSA) is 219 Å². The van der Waals surface area contributed by atoms with E-state index >= 15 is 0 Å². The minimum Gasteiger partial charge on any atom is -0.504 e. The monoisotopic (exact) mass is 488 g/mol. The van der Waals surface area contributed by atoms with Crippen molar-refractivity contribution in [1.82, 2.24) is 0 Å². The number of hydrogen-bond donors (Lipinski definition) is 8. The van der Waals surface area contributed by atoms with E-state index in [-0.39, 0.29) is 39.7 Å². The van der Waals surface area contributed by atoms with Crippen molar-refractivity contribution >= 4 is 34.7 Å². The molecular weight excluding hydrogens is 464 g/mol. The number of anilines is 4. The van der Waals surface area contributed by atoms with Gasteiger partial charge < -0.3 is 43.4 Å². The molecule has 0 spiro atoms. The number of carbonyl (C=O) groups is 2. The van der Waals surface area contributed by atoms with E-state index < -0.39 is 11.9 Å². The first kappa shape index (κ1) is 25.2. The second kappa shape index (κ2) is 10.3. The van der Waals surface area contributed by atoms with Crippen LogP contribution in [0.1, 0.15) is 20.7 Å². The average Bonchev–Trinajstić information content (AvgIpc) is 2.84. The molecule has 0 unspecified atom stereocenters. The number of nitrogens with two attached hydrogens (primary N) is 4. The third-order valence-electron chi connectivity index (χ3n) is 5.30. The molecule has 0 aliphatic rings. The van der Waals surface area contributed by atoms with Gasteiger partial charge in [-0.05, 0) is 65.2 Å². The molecule has 0 aliphatic carbocycles. The normalized spacial score (nSPS) is 10.2. The number of nitrogen functional groups attached to an aromatic ring is 4. The molecule has 0 saturated heterocycles. The number of aromatic hydroxyl groups is 2. The summed E-state index contributed by atoms with van der Waals surface area (Å²) in [6.45, 7) is 0. The van der Waals surface area contributed by atoms with Crippen LogP contribution in [0.15, 0.2) is 72.8 Å². The number of carboxylic acids is 2. The summed E-state index contributed by atoms with van der Waals surface area (Å²) in [4.78, 5) is 22.1. The molecule has 0 amide bonds. The highest BCUT2D eigenvalue weighted by Crippen LogP contribution is 2.40. The van der Waals surface area contributed by atoms with Crippen LogP contribution in [0.5, 0.6) is 11.5 Å². The summed E-state index contributed by atoms with van der Waals surface area (Å²) in [7, 11) is 0. The van der Waals surface area contributed by atoms with Crippen LogP contribution in [0.4, 0.5) is 22.7 Å². The maximum absolute atomic E-state index is 11.0. The van der Waals surface area contributed by atoms with Crippen LogP contribution in [0.25, 0.3) is 22.3 Å². The van der Waals surface area contributed by atoms with Gasteiger partial charge in [0.05, 0.1) is 16.8 Å². The van der Waals surface area contributed by atoms with Crippen LogP contribution in [-0.4, -0.2) is 32.4 Å². The fraction of sp³-hybridized carbons (Fsp3) is 0. The van der Waals surface area contributed by atoms with Gasteiger partial charge in [0, 0.05) is 22.6 Å². The Labute approximate surface area is 205 Å². The zero-order valence-electron chi connectivity index (χ0n) is 18.8. The lowest BCUT2D eigenvalue weighted by atomic mass is 9.99. The van der Waals surface area contributed by atoms with E-state index in [0.29, 0.717) is 22.4 Å². The maximum Gasteiger partial charge on any atom is 0.337 e. The molecule has 0 atom stereocenters. The van der Waals surface area contributed by atoms with Crippen molar-refractivity contribution in [3.8, 4) is 33.8 Å². The molecule has 12 N–H and O–H groups in total. The Bertz CT molecular complexity index is 1390. The van der Waals surface area contributed by atoms with E-state index in [2.05, 4.69) is 0 Å². The molecule has 10 nitrogen and oxygen atoms in total. The molecule has 0 bridgehead atoms. The van der Waals surface area contributed by atoms with Gasteiger partial charge in [-0.3, -0.25) is 0 Å². The first-order valence-electron chi connectivity index (χ1n) is 10.4. The summed E-state index contributed by atoms with van der Waals surface area (Å²) < 4.78 is 0. The van der Waals surface area contributed by atoms with Gasteiger partial charge in [0.1, 0.15) is 0 Å². The minimum absolute atomic E-state index is 0.0313. The molecule has 4 aromatic rings. The SMILES string of the molecule is Nc1ccc(-c2ccc(N)c(C(=O)O)c2)cc1C(=O)O.Nc1ccc(-c2ccc(N)c(O)c2O)cc1. The highest BCUT2D eigenvalue weighted by Gasteiger charge is 2.13. The summed E-state index contributed by atoms with van der Waals surface area (Å²) >= 11 is 0. The summed E-state index contributed by atoms with van der Waals surface area (Å²) in [6.07, 6.45) is 0. The van der Waals surface area contributed by atoms with Crippen LogP contribution in [0.2, 0.25) is 0 Å². The zero-order chi connectivity index (χ0) is 26.6. The molecule has 0 heterocycles. The summed E-state index contributed by atoms with van der Waals surface area (Å²) in [5.41, 5.74) is 25.6. The van der Waals surface area contributed by atoms with Crippen molar-refractivity contribution in [1.29, 1.82) is 0 Å². The Morgan fingerprint density at radius 2 is 0.944 bits per heavy atom.